The van der Waals surface area contributed by atoms with E-state index in [9.17, 15) is 24.1 Å². The van der Waals surface area contributed by atoms with Crippen LogP contribution in [0.2, 0.25) is 0 Å². The highest BCUT2D eigenvalue weighted by atomic mass is 19.1. The van der Waals surface area contributed by atoms with Gasteiger partial charge in [0, 0.05) is 24.4 Å². The second kappa shape index (κ2) is 7.61. The molecule has 0 saturated heterocycles. The van der Waals surface area contributed by atoms with Crippen LogP contribution in [0.1, 0.15) is 15.9 Å². The van der Waals surface area contributed by atoms with Gasteiger partial charge in [0.15, 0.2) is 0 Å². The maximum absolute atomic E-state index is 13.7. The third-order valence-electron chi connectivity index (χ3n) is 3.87. The molecule has 0 radical (unpaired) electrons. The van der Waals surface area contributed by atoms with E-state index in [4.69, 9.17) is 0 Å². The maximum atomic E-state index is 13.7. The van der Waals surface area contributed by atoms with Crippen molar-refractivity contribution in [3.63, 3.8) is 0 Å². The number of amides is 1. The summed E-state index contributed by atoms with van der Waals surface area (Å²) in [7, 11) is 0. The first-order valence-corrected chi connectivity index (χ1v) is 7.94. The summed E-state index contributed by atoms with van der Waals surface area (Å²) in [6, 6.07) is 14.1. The summed E-state index contributed by atoms with van der Waals surface area (Å²) >= 11 is 0. The van der Waals surface area contributed by atoms with Crippen molar-refractivity contribution in [3.05, 3.63) is 104 Å². The van der Waals surface area contributed by atoms with E-state index >= 15 is 0 Å². The molecule has 0 unspecified atom stereocenters. The number of carbonyl (C=O) groups is 1. The monoisotopic (exact) mass is 367 g/mol. The quantitative estimate of drug-likeness (QED) is 0.553. The van der Waals surface area contributed by atoms with Gasteiger partial charge in [0.1, 0.15) is 5.82 Å². The van der Waals surface area contributed by atoms with E-state index in [1.54, 1.807) is 6.07 Å². The number of rotatable bonds is 5. The van der Waals surface area contributed by atoms with E-state index in [2.05, 4.69) is 5.32 Å². The highest BCUT2D eigenvalue weighted by Crippen LogP contribution is 2.15. The number of anilines is 1. The Morgan fingerprint density at radius 3 is 2.44 bits per heavy atom. The molecule has 1 amide bonds. The SMILES string of the molecule is O=C(Nc1ccccc1F)c1ccc(=O)n(Cc2ccc([N+](=O)[O-])cc2)c1. The summed E-state index contributed by atoms with van der Waals surface area (Å²) in [5.41, 5.74) is 0.490. The molecule has 2 aromatic carbocycles. The number of carbonyl (C=O) groups excluding carboxylic acids is 1. The summed E-state index contributed by atoms with van der Waals surface area (Å²) in [5.74, 6) is -1.12. The van der Waals surface area contributed by atoms with E-state index in [-0.39, 0.29) is 29.0 Å². The second-order valence-electron chi connectivity index (χ2n) is 5.74. The lowest BCUT2D eigenvalue weighted by Crippen LogP contribution is -2.22. The number of benzene rings is 2. The lowest BCUT2D eigenvalue weighted by Gasteiger charge is -2.10. The van der Waals surface area contributed by atoms with Crippen molar-refractivity contribution < 1.29 is 14.1 Å². The van der Waals surface area contributed by atoms with Crippen LogP contribution in [0.4, 0.5) is 15.8 Å². The van der Waals surface area contributed by atoms with Crippen LogP contribution < -0.4 is 10.9 Å². The number of nitrogens with zero attached hydrogens (tertiary/aromatic N) is 2. The molecule has 0 aliphatic heterocycles. The van der Waals surface area contributed by atoms with Gasteiger partial charge in [0.25, 0.3) is 17.2 Å². The van der Waals surface area contributed by atoms with Crippen LogP contribution >= 0.6 is 0 Å². The van der Waals surface area contributed by atoms with Gasteiger partial charge in [-0.25, -0.2) is 4.39 Å². The third-order valence-corrected chi connectivity index (χ3v) is 3.87. The van der Waals surface area contributed by atoms with Crippen LogP contribution in [0, 0.1) is 15.9 Å². The highest BCUT2D eigenvalue weighted by Gasteiger charge is 2.11. The van der Waals surface area contributed by atoms with Gasteiger partial charge in [0.05, 0.1) is 22.7 Å². The lowest BCUT2D eigenvalue weighted by atomic mass is 10.2. The Hall–Kier alpha value is -3.81. The van der Waals surface area contributed by atoms with Crippen LogP contribution in [0.3, 0.4) is 0 Å². The second-order valence-corrected chi connectivity index (χ2v) is 5.74. The van der Waals surface area contributed by atoms with E-state index in [1.807, 2.05) is 0 Å². The van der Waals surface area contributed by atoms with Gasteiger partial charge in [-0.2, -0.15) is 0 Å². The fraction of sp³-hybridized carbons (Fsp3) is 0.0526. The first-order chi connectivity index (χ1) is 12.9. The average molecular weight is 367 g/mol. The Bertz CT molecular complexity index is 1060. The Morgan fingerprint density at radius 1 is 1.07 bits per heavy atom. The normalized spacial score (nSPS) is 10.4. The number of nitro groups is 1. The minimum Gasteiger partial charge on any atom is -0.319 e. The topological polar surface area (TPSA) is 94.2 Å². The molecule has 3 aromatic rings. The van der Waals surface area contributed by atoms with Gasteiger partial charge in [-0.05, 0) is 23.8 Å². The standard InChI is InChI=1S/C19H14FN3O4/c20-16-3-1-2-4-17(16)21-19(25)14-7-10-18(24)22(12-14)11-13-5-8-15(9-6-13)23(26)27/h1-10,12H,11H2,(H,21,25). The fourth-order valence-electron chi connectivity index (χ4n) is 2.47. The number of para-hydroxylation sites is 1. The van der Waals surface area contributed by atoms with Crippen LogP contribution in [-0.2, 0) is 6.54 Å². The molecule has 0 bridgehead atoms. The molecular formula is C19H14FN3O4. The van der Waals surface area contributed by atoms with Crippen LogP contribution in [0.5, 0.6) is 0 Å². The molecule has 1 heterocycles. The predicted octanol–water partition coefficient (Wildman–Crippen LogP) is 3.20. The number of nitrogens with one attached hydrogen (secondary N) is 1. The molecule has 7 nitrogen and oxygen atoms in total. The summed E-state index contributed by atoms with van der Waals surface area (Å²) < 4.78 is 15.0. The smallest absolute Gasteiger partial charge is 0.269 e. The number of aromatic nitrogens is 1. The zero-order valence-electron chi connectivity index (χ0n) is 14.0. The van der Waals surface area contributed by atoms with E-state index in [0.717, 1.165) is 0 Å². The zero-order valence-corrected chi connectivity index (χ0v) is 14.0. The minimum absolute atomic E-state index is 0.0376. The Morgan fingerprint density at radius 2 is 1.78 bits per heavy atom. The van der Waals surface area contributed by atoms with Crippen LogP contribution in [-0.4, -0.2) is 15.4 Å². The number of nitro benzene ring substituents is 1. The molecule has 27 heavy (non-hydrogen) atoms. The van der Waals surface area contributed by atoms with Gasteiger partial charge in [-0.1, -0.05) is 24.3 Å². The van der Waals surface area contributed by atoms with Crippen molar-refractivity contribution in [1.29, 1.82) is 0 Å². The van der Waals surface area contributed by atoms with Gasteiger partial charge in [0.2, 0.25) is 0 Å². The van der Waals surface area contributed by atoms with Crippen molar-refractivity contribution in [2.24, 2.45) is 0 Å². The largest absolute Gasteiger partial charge is 0.319 e. The van der Waals surface area contributed by atoms with Gasteiger partial charge >= 0.3 is 0 Å². The van der Waals surface area contributed by atoms with Gasteiger partial charge < -0.3 is 9.88 Å². The first kappa shape index (κ1) is 18.0. The number of pyridine rings is 1. The van der Waals surface area contributed by atoms with Crippen molar-refractivity contribution >= 4 is 17.3 Å². The van der Waals surface area contributed by atoms with Crippen molar-refractivity contribution in [2.45, 2.75) is 6.54 Å². The minimum atomic E-state index is -0.565. The van der Waals surface area contributed by atoms with Crippen LogP contribution in [0.15, 0.2) is 71.7 Å². The maximum Gasteiger partial charge on any atom is 0.269 e. The van der Waals surface area contributed by atoms with Gasteiger partial charge in [-0.15, -0.1) is 0 Å². The van der Waals surface area contributed by atoms with E-state index in [0.29, 0.717) is 5.56 Å². The van der Waals surface area contributed by atoms with Crippen LogP contribution in [0.25, 0.3) is 0 Å². The summed E-state index contributed by atoms with van der Waals surface area (Å²) in [5, 5.41) is 13.2. The van der Waals surface area contributed by atoms with E-state index in [1.165, 1.54) is 65.4 Å². The van der Waals surface area contributed by atoms with Crippen molar-refractivity contribution in [3.8, 4) is 0 Å². The summed E-state index contributed by atoms with van der Waals surface area (Å²) in [4.78, 5) is 34.6. The summed E-state index contributed by atoms with van der Waals surface area (Å²) in [6.07, 6.45) is 1.36. The van der Waals surface area contributed by atoms with Crippen molar-refractivity contribution in [1.82, 2.24) is 4.57 Å². The Labute approximate surface area is 152 Å². The molecule has 0 aliphatic rings. The average Bonchev–Trinajstić information content (AvgIpc) is 2.65. The number of hydrogen-bond acceptors (Lipinski definition) is 4. The molecule has 0 atom stereocenters. The van der Waals surface area contributed by atoms with Crippen molar-refractivity contribution in [2.75, 3.05) is 5.32 Å². The molecule has 1 aromatic heterocycles. The molecule has 1 N–H and O–H groups in total. The highest BCUT2D eigenvalue weighted by molar-refractivity contribution is 6.04. The Kier molecular flexibility index (Phi) is 5.07. The predicted molar refractivity (Wildman–Crippen MR) is 97.3 cm³/mol. The number of hydrogen-bond donors (Lipinski definition) is 1. The number of non-ortho nitro benzene ring substituents is 1. The Balaban J connectivity index is 1.81. The molecule has 0 saturated carbocycles. The molecule has 136 valence electrons. The van der Waals surface area contributed by atoms with E-state index < -0.39 is 16.6 Å². The molecule has 0 aliphatic carbocycles. The number of halogens is 1. The molecule has 0 spiro atoms. The summed E-state index contributed by atoms with van der Waals surface area (Å²) in [6.45, 7) is 0.137. The lowest BCUT2D eigenvalue weighted by molar-refractivity contribution is -0.384. The first-order valence-electron chi connectivity index (χ1n) is 7.94. The molecular weight excluding hydrogens is 353 g/mol. The molecule has 3 rings (SSSR count). The molecule has 0 fully saturated rings. The zero-order chi connectivity index (χ0) is 19.4. The van der Waals surface area contributed by atoms with Gasteiger partial charge in [-0.3, -0.25) is 19.7 Å². The molecule has 8 heteroatoms. The fourth-order valence-corrected chi connectivity index (χ4v) is 2.47. The third kappa shape index (κ3) is 4.24.